The van der Waals surface area contributed by atoms with Crippen molar-refractivity contribution in [2.45, 2.75) is 110 Å². The van der Waals surface area contributed by atoms with Gasteiger partial charge in [-0.25, -0.2) is 4.79 Å². The van der Waals surface area contributed by atoms with Crippen LogP contribution >= 0.6 is 0 Å². The molecule has 0 bridgehead atoms. The summed E-state index contributed by atoms with van der Waals surface area (Å²) >= 11 is 0. The Balaban J connectivity index is 0.00000900. The van der Waals surface area contributed by atoms with Crippen LogP contribution in [0.4, 0.5) is 0 Å². The topological polar surface area (TPSA) is 69.4 Å². The van der Waals surface area contributed by atoms with E-state index >= 15 is 0 Å². The molecule has 1 radical (unpaired) electrons. The molecule has 0 aromatic heterocycles. The first kappa shape index (κ1) is 30.2. The number of rotatable bonds is 19. The van der Waals surface area contributed by atoms with E-state index in [2.05, 4.69) is 6.92 Å². The van der Waals surface area contributed by atoms with Crippen LogP contribution < -0.4 is 5.73 Å². The largest absolute Gasteiger partial charge is 0.462 e. The maximum absolute atomic E-state index is 12.1. The number of primary amides is 1. The standard InChI is InChI=1S/C26H43NO3.Na/c1-2-3-4-5-6-7-8-9-10-11-12-13-14-15-16-19-22-30-26(29)24-21-18-17-20-23(24)25(27)28;/h17-18,20-21H,2-16,19,22H2,1H3,(H2,27,28);. The summed E-state index contributed by atoms with van der Waals surface area (Å²) in [5.74, 6) is -1.07. The van der Waals surface area contributed by atoms with E-state index in [1.54, 1.807) is 24.3 Å². The molecule has 0 atom stereocenters. The number of carbonyl (C=O) groups is 2. The van der Waals surface area contributed by atoms with Crippen molar-refractivity contribution in [1.82, 2.24) is 0 Å². The van der Waals surface area contributed by atoms with Crippen molar-refractivity contribution in [3.05, 3.63) is 35.4 Å². The van der Waals surface area contributed by atoms with Crippen LogP contribution in [0.25, 0.3) is 0 Å². The first-order valence-corrected chi connectivity index (χ1v) is 12.2. The number of amides is 1. The predicted molar refractivity (Wildman–Crippen MR) is 131 cm³/mol. The van der Waals surface area contributed by atoms with E-state index in [4.69, 9.17) is 10.5 Å². The van der Waals surface area contributed by atoms with Gasteiger partial charge in [-0.1, -0.05) is 115 Å². The van der Waals surface area contributed by atoms with Crippen molar-refractivity contribution in [1.29, 1.82) is 0 Å². The van der Waals surface area contributed by atoms with Gasteiger partial charge in [0.2, 0.25) is 5.91 Å². The summed E-state index contributed by atoms with van der Waals surface area (Å²) < 4.78 is 5.29. The van der Waals surface area contributed by atoms with Crippen LogP contribution in [0.2, 0.25) is 0 Å². The summed E-state index contributed by atoms with van der Waals surface area (Å²) in [6.45, 7) is 2.66. The van der Waals surface area contributed by atoms with E-state index in [0.29, 0.717) is 6.61 Å². The molecule has 2 N–H and O–H groups in total. The number of hydrogen-bond donors (Lipinski definition) is 1. The Hall–Kier alpha value is -0.840. The molecule has 0 aliphatic rings. The fourth-order valence-corrected chi connectivity index (χ4v) is 3.77. The van der Waals surface area contributed by atoms with Crippen LogP contribution in [0.1, 0.15) is 130 Å². The molecule has 4 nitrogen and oxygen atoms in total. The van der Waals surface area contributed by atoms with E-state index in [1.165, 1.54) is 89.9 Å². The molecule has 1 aromatic carbocycles. The van der Waals surface area contributed by atoms with E-state index in [-0.39, 0.29) is 40.7 Å². The van der Waals surface area contributed by atoms with Gasteiger partial charge in [0.15, 0.2) is 0 Å². The molecule has 5 heteroatoms. The Morgan fingerprint density at radius 2 is 1.06 bits per heavy atom. The maximum atomic E-state index is 12.1. The molecule has 0 aliphatic carbocycles. The number of esters is 1. The quantitative estimate of drug-likeness (QED) is 0.146. The molecule has 0 saturated carbocycles. The summed E-state index contributed by atoms with van der Waals surface area (Å²) in [7, 11) is 0. The molecule has 0 unspecified atom stereocenters. The molecule has 0 spiro atoms. The third-order valence-corrected chi connectivity index (χ3v) is 5.64. The van der Waals surface area contributed by atoms with Crippen LogP contribution in [0.15, 0.2) is 24.3 Å². The summed E-state index contributed by atoms with van der Waals surface area (Å²) in [6, 6.07) is 6.52. The molecular weight excluding hydrogens is 397 g/mol. The van der Waals surface area contributed by atoms with Crippen LogP contribution in [0.3, 0.4) is 0 Å². The molecule has 0 heterocycles. The summed E-state index contributed by atoms with van der Waals surface area (Å²) in [4.78, 5) is 23.5. The normalized spacial score (nSPS) is 10.5. The monoisotopic (exact) mass is 440 g/mol. The minimum atomic E-state index is -0.607. The van der Waals surface area contributed by atoms with Crippen molar-refractivity contribution < 1.29 is 14.3 Å². The van der Waals surface area contributed by atoms with Crippen LogP contribution in [0, 0.1) is 0 Å². The third-order valence-electron chi connectivity index (χ3n) is 5.64. The van der Waals surface area contributed by atoms with Gasteiger partial charge in [0.25, 0.3) is 0 Å². The Kier molecular flexibility index (Phi) is 20.5. The van der Waals surface area contributed by atoms with Gasteiger partial charge in [-0.2, -0.15) is 0 Å². The second kappa shape index (κ2) is 21.0. The van der Waals surface area contributed by atoms with Gasteiger partial charge in [-0.15, -0.1) is 0 Å². The van der Waals surface area contributed by atoms with Crippen molar-refractivity contribution in [3.8, 4) is 0 Å². The van der Waals surface area contributed by atoms with Gasteiger partial charge in [0, 0.05) is 29.6 Å². The van der Waals surface area contributed by atoms with Crippen molar-refractivity contribution in [3.63, 3.8) is 0 Å². The maximum Gasteiger partial charge on any atom is 0.338 e. The summed E-state index contributed by atoms with van der Waals surface area (Å²) in [6.07, 6.45) is 21.0. The van der Waals surface area contributed by atoms with Gasteiger partial charge >= 0.3 is 5.97 Å². The molecule has 1 aromatic rings. The Morgan fingerprint density at radius 3 is 1.48 bits per heavy atom. The van der Waals surface area contributed by atoms with Gasteiger partial charge in [-0.05, 0) is 18.6 Å². The van der Waals surface area contributed by atoms with Gasteiger partial charge in [0.05, 0.1) is 17.7 Å². The van der Waals surface area contributed by atoms with Crippen molar-refractivity contribution in [2.24, 2.45) is 5.73 Å². The first-order valence-electron chi connectivity index (χ1n) is 12.2. The molecule has 1 rings (SSSR count). The average molecular weight is 441 g/mol. The number of benzene rings is 1. The smallest absolute Gasteiger partial charge is 0.338 e. The molecule has 171 valence electrons. The van der Waals surface area contributed by atoms with E-state index < -0.39 is 11.9 Å². The van der Waals surface area contributed by atoms with Gasteiger partial charge in [0.1, 0.15) is 0 Å². The first-order chi connectivity index (χ1) is 14.7. The third kappa shape index (κ3) is 15.6. The van der Waals surface area contributed by atoms with Crippen molar-refractivity contribution in [2.75, 3.05) is 6.61 Å². The second-order valence-corrected chi connectivity index (χ2v) is 8.35. The van der Waals surface area contributed by atoms with Gasteiger partial charge in [-0.3, -0.25) is 4.79 Å². The summed E-state index contributed by atoms with van der Waals surface area (Å²) in [5, 5.41) is 0. The van der Waals surface area contributed by atoms with Crippen LogP contribution in [-0.4, -0.2) is 48.0 Å². The molecular formula is C26H43NNaO3. The van der Waals surface area contributed by atoms with Crippen LogP contribution in [0.5, 0.6) is 0 Å². The fourth-order valence-electron chi connectivity index (χ4n) is 3.77. The number of nitrogens with two attached hydrogens (primary N) is 1. The molecule has 0 fully saturated rings. The van der Waals surface area contributed by atoms with Crippen LogP contribution in [-0.2, 0) is 4.74 Å². The van der Waals surface area contributed by atoms with Gasteiger partial charge < -0.3 is 10.5 Å². The fraction of sp³-hybridized carbons (Fsp3) is 0.692. The molecule has 0 aliphatic heterocycles. The predicted octanol–water partition coefficient (Wildman–Crippen LogP) is 6.82. The molecule has 0 saturated heterocycles. The minimum absolute atomic E-state index is 0. The zero-order valence-corrected chi connectivity index (χ0v) is 22.1. The number of ether oxygens (including phenoxy) is 1. The number of carbonyl (C=O) groups excluding carboxylic acids is 2. The molecule has 31 heavy (non-hydrogen) atoms. The number of unbranched alkanes of at least 4 members (excludes halogenated alkanes) is 15. The molecule has 1 amide bonds. The van der Waals surface area contributed by atoms with Crippen molar-refractivity contribution >= 4 is 41.4 Å². The van der Waals surface area contributed by atoms with E-state index in [1.807, 2.05) is 0 Å². The minimum Gasteiger partial charge on any atom is -0.462 e. The second-order valence-electron chi connectivity index (χ2n) is 8.35. The Labute approximate surface area is 212 Å². The summed E-state index contributed by atoms with van der Waals surface area (Å²) in [5.41, 5.74) is 5.77. The van der Waals surface area contributed by atoms with E-state index in [9.17, 15) is 9.59 Å². The number of hydrogen-bond acceptors (Lipinski definition) is 3. The zero-order chi connectivity index (χ0) is 21.9. The Morgan fingerprint density at radius 1 is 0.677 bits per heavy atom. The van der Waals surface area contributed by atoms with E-state index in [0.717, 1.165) is 12.8 Å². The SMILES string of the molecule is CCCCCCCCCCCCCCCCCCOC(=O)c1ccccc1C(N)=O.[Na]. The average Bonchev–Trinajstić information content (AvgIpc) is 2.75. The zero-order valence-electron chi connectivity index (χ0n) is 20.1. The Bertz CT molecular complexity index is 592.